The number of hydrogen-bond donors (Lipinski definition) is 1. The first kappa shape index (κ1) is 12.6. The predicted molar refractivity (Wildman–Crippen MR) is 67.9 cm³/mol. The second kappa shape index (κ2) is 5.65. The third-order valence-corrected chi connectivity index (χ3v) is 3.71. The fraction of sp³-hybridized carbons (Fsp3) is 0.769. The van der Waals surface area contributed by atoms with Crippen molar-refractivity contribution in [3.63, 3.8) is 0 Å². The summed E-state index contributed by atoms with van der Waals surface area (Å²) in [6, 6.07) is 0.452. The molecule has 1 aromatic heterocycles. The summed E-state index contributed by atoms with van der Waals surface area (Å²) in [6.07, 6.45) is 7.77. The Bertz CT molecular complexity index is 350. The number of ether oxygens (including phenoxy) is 1. The van der Waals surface area contributed by atoms with Gasteiger partial charge < -0.3 is 10.1 Å². The molecule has 1 aliphatic rings. The highest BCUT2D eigenvalue weighted by Gasteiger charge is 2.30. The van der Waals surface area contributed by atoms with Crippen LogP contribution in [0.1, 0.15) is 25.3 Å². The number of likely N-dealkylation sites (N-methyl/N-ethyl adjacent to an activating group) is 1. The molecule has 3 unspecified atom stereocenters. The molecule has 0 saturated carbocycles. The molecule has 1 saturated heterocycles. The van der Waals surface area contributed by atoms with Gasteiger partial charge in [0, 0.05) is 25.9 Å². The molecule has 1 fully saturated rings. The molecule has 17 heavy (non-hydrogen) atoms. The molecule has 1 aliphatic heterocycles. The first-order chi connectivity index (χ1) is 8.20. The highest BCUT2D eigenvalue weighted by atomic mass is 16.5. The Balaban J connectivity index is 1.87. The van der Waals surface area contributed by atoms with Crippen LogP contribution in [0.4, 0.5) is 0 Å². The van der Waals surface area contributed by atoms with Crippen LogP contribution in [-0.2, 0) is 18.2 Å². The first-order valence-electron chi connectivity index (χ1n) is 6.47. The maximum atomic E-state index is 5.83. The van der Waals surface area contributed by atoms with Gasteiger partial charge in [0.1, 0.15) is 0 Å². The third kappa shape index (κ3) is 3.07. The van der Waals surface area contributed by atoms with Crippen molar-refractivity contribution in [2.45, 2.75) is 38.3 Å². The average molecular weight is 237 g/mol. The predicted octanol–water partition coefficient (Wildman–Crippen LogP) is 1.37. The molecule has 0 amide bonds. The van der Waals surface area contributed by atoms with E-state index in [2.05, 4.69) is 23.5 Å². The van der Waals surface area contributed by atoms with Crippen molar-refractivity contribution in [3.8, 4) is 0 Å². The van der Waals surface area contributed by atoms with Crippen LogP contribution in [-0.4, -0.2) is 35.6 Å². The maximum absolute atomic E-state index is 5.83. The molecular formula is C13H23N3O. The highest BCUT2D eigenvalue weighted by molar-refractivity contribution is 5.04. The Hall–Kier alpha value is -0.870. The topological polar surface area (TPSA) is 39.1 Å². The smallest absolute Gasteiger partial charge is 0.0754 e. The minimum Gasteiger partial charge on any atom is -0.376 e. The Kier molecular flexibility index (Phi) is 4.18. The molecule has 0 aliphatic carbocycles. The van der Waals surface area contributed by atoms with E-state index in [1.165, 1.54) is 12.0 Å². The van der Waals surface area contributed by atoms with Gasteiger partial charge in [0.2, 0.25) is 0 Å². The van der Waals surface area contributed by atoms with Gasteiger partial charge in [-0.3, -0.25) is 4.68 Å². The van der Waals surface area contributed by atoms with Gasteiger partial charge in [0.05, 0.1) is 12.3 Å². The molecule has 3 atom stereocenters. The number of hydrogen-bond acceptors (Lipinski definition) is 3. The second-order valence-electron chi connectivity index (χ2n) is 5.06. The lowest BCUT2D eigenvalue weighted by molar-refractivity contribution is 0.0608. The van der Waals surface area contributed by atoms with E-state index in [0.717, 1.165) is 19.4 Å². The number of rotatable bonds is 5. The number of aromatic nitrogens is 2. The molecule has 0 aromatic carbocycles. The molecule has 4 nitrogen and oxygen atoms in total. The molecule has 0 radical (unpaired) electrons. The van der Waals surface area contributed by atoms with Crippen LogP contribution in [0, 0.1) is 5.92 Å². The molecule has 2 heterocycles. The van der Waals surface area contributed by atoms with Gasteiger partial charge in [0.15, 0.2) is 0 Å². The van der Waals surface area contributed by atoms with Crippen LogP contribution < -0.4 is 5.32 Å². The third-order valence-electron chi connectivity index (χ3n) is 3.71. The van der Waals surface area contributed by atoms with Gasteiger partial charge in [-0.1, -0.05) is 6.92 Å². The minimum atomic E-state index is 0.372. The van der Waals surface area contributed by atoms with Gasteiger partial charge in [-0.05, 0) is 37.8 Å². The normalized spacial score (nSPS) is 26.3. The number of nitrogens with one attached hydrogen (secondary N) is 1. The molecule has 4 heteroatoms. The fourth-order valence-electron chi connectivity index (χ4n) is 2.63. The zero-order chi connectivity index (χ0) is 12.3. The van der Waals surface area contributed by atoms with E-state index >= 15 is 0 Å². The molecule has 0 spiro atoms. The first-order valence-corrected chi connectivity index (χ1v) is 6.47. The Labute approximate surface area is 103 Å². The van der Waals surface area contributed by atoms with E-state index in [0.29, 0.717) is 18.1 Å². The van der Waals surface area contributed by atoms with Crippen LogP contribution in [0.25, 0.3) is 0 Å². The summed E-state index contributed by atoms with van der Waals surface area (Å²) in [5.41, 5.74) is 1.30. The molecule has 96 valence electrons. The lowest BCUT2D eigenvalue weighted by Gasteiger charge is -2.25. The number of nitrogens with zero attached hydrogens (tertiary/aromatic N) is 2. The van der Waals surface area contributed by atoms with Crippen molar-refractivity contribution < 1.29 is 4.74 Å². The molecule has 2 rings (SSSR count). The summed E-state index contributed by atoms with van der Waals surface area (Å²) in [7, 11) is 3.99. The fourth-order valence-corrected chi connectivity index (χ4v) is 2.63. The summed E-state index contributed by atoms with van der Waals surface area (Å²) in [4.78, 5) is 0. The SMILES string of the molecule is CNC(CCc1cnn(C)c1)C1OCCC1C. The van der Waals surface area contributed by atoms with E-state index in [9.17, 15) is 0 Å². The van der Waals surface area contributed by atoms with Gasteiger partial charge >= 0.3 is 0 Å². The second-order valence-corrected chi connectivity index (χ2v) is 5.06. The van der Waals surface area contributed by atoms with Crippen molar-refractivity contribution in [1.29, 1.82) is 0 Å². The van der Waals surface area contributed by atoms with Crippen LogP contribution >= 0.6 is 0 Å². The summed E-state index contributed by atoms with van der Waals surface area (Å²) in [6.45, 7) is 3.20. The van der Waals surface area contributed by atoms with Crippen molar-refractivity contribution >= 4 is 0 Å². The van der Waals surface area contributed by atoms with Crippen LogP contribution in [0.5, 0.6) is 0 Å². The highest BCUT2D eigenvalue weighted by Crippen LogP contribution is 2.24. The zero-order valence-electron chi connectivity index (χ0n) is 11.0. The van der Waals surface area contributed by atoms with Crippen LogP contribution in [0.15, 0.2) is 12.4 Å². The Morgan fingerprint density at radius 2 is 2.47 bits per heavy atom. The van der Waals surface area contributed by atoms with Crippen LogP contribution in [0.3, 0.4) is 0 Å². The van der Waals surface area contributed by atoms with Crippen molar-refractivity contribution in [2.75, 3.05) is 13.7 Å². The summed E-state index contributed by atoms with van der Waals surface area (Å²) in [5.74, 6) is 0.668. The summed E-state index contributed by atoms with van der Waals surface area (Å²) >= 11 is 0. The largest absolute Gasteiger partial charge is 0.376 e. The zero-order valence-corrected chi connectivity index (χ0v) is 11.0. The minimum absolute atomic E-state index is 0.372. The van der Waals surface area contributed by atoms with E-state index in [1.54, 1.807) is 0 Å². The Morgan fingerprint density at radius 3 is 3.00 bits per heavy atom. The standard InChI is InChI=1S/C13H23N3O/c1-10-6-7-17-13(10)12(14-2)5-4-11-8-15-16(3)9-11/h8-10,12-14H,4-7H2,1-3H3. The molecule has 1 aromatic rings. The van der Waals surface area contributed by atoms with E-state index in [1.807, 2.05) is 25.0 Å². The summed E-state index contributed by atoms with van der Waals surface area (Å²) in [5, 5.41) is 7.60. The van der Waals surface area contributed by atoms with Crippen LogP contribution in [0.2, 0.25) is 0 Å². The monoisotopic (exact) mass is 237 g/mol. The molecule has 1 N–H and O–H groups in total. The van der Waals surface area contributed by atoms with E-state index in [-0.39, 0.29) is 0 Å². The quantitative estimate of drug-likeness (QED) is 0.840. The molecule has 0 bridgehead atoms. The molecular weight excluding hydrogens is 214 g/mol. The van der Waals surface area contributed by atoms with Gasteiger partial charge in [-0.25, -0.2) is 0 Å². The maximum Gasteiger partial charge on any atom is 0.0754 e. The van der Waals surface area contributed by atoms with E-state index in [4.69, 9.17) is 4.74 Å². The van der Waals surface area contributed by atoms with Gasteiger partial charge in [-0.15, -0.1) is 0 Å². The van der Waals surface area contributed by atoms with E-state index < -0.39 is 0 Å². The Morgan fingerprint density at radius 1 is 1.65 bits per heavy atom. The van der Waals surface area contributed by atoms with Crippen molar-refractivity contribution in [2.24, 2.45) is 13.0 Å². The average Bonchev–Trinajstić information content (AvgIpc) is 2.90. The van der Waals surface area contributed by atoms with Crippen molar-refractivity contribution in [1.82, 2.24) is 15.1 Å². The lowest BCUT2D eigenvalue weighted by atomic mass is 9.94. The van der Waals surface area contributed by atoms with Gasteiger partial charge in [0.25, 0.3) is 0 Å². The lowest BCUT2D eigenvalue weighted by Crippen LogP contribution is -2.40. The van der Waals surface area contributed by atoms with Gasteiger partial charge in [-0.2, -0.15) is 5.10 Å². The number of aryl methyl sites for hydroxylation is 2. The van der Waals surface area contributed by atoms with Crippen molar-refractivity contribution in [3.05, 3.63) is 18.0 Å². The summed E-state index contributed by atoms with van der Waals surface area (Å²) < 4.78 is 7.69.